The van der Waals surface area contributed by atoms with Gasteiger partial charge in [0.15, 0.2) is 6.10 Å². The second-order valence-electron chi connectivity index (χ2n) is 4.19. The van der Waals surface area contributed by atoms with Gasteiger partial charge in [0.25, 0.3) is 0 Å². The topological polar surface area (TPSA) is 44.5 Å². The smallest absolute Gasteiger partial charge is 0.416 e. The van der Waals surface area contributed by atoms with Gasteiger partial charge in [0.05, 0.1) is 13.7 Å². The minimum Gasteiger partial charge on any atom is -0.497 e. The Morgan fingerprint density at radius 2 is 1.79 bits per heavy atom. The van der Waals surface area contributed by atoms with Crippen molar-refractivity contribution in [1.29, 1.82) is 0 Å². The van der Waals surface area contributed by atoms with Crippen molar-refractivity contribution in [2.75, 3.05) is 7.11 Å². The lowest BCUT2D eigenvalue weighted by Gasteiger charge is -2.25. The fourth-order valence-electron chi connectivity index (χ4n) is 1.58. The maximum atomic E-state index is 12.8. The van der Waals surface area contributed by atoms with E-state index in [1.165, 1.54) is 7.11 Å². The number of hydrogen-bond donors (Lipinski definition) is 1. The van der Waals surface area contributed by atoms with E-state index in [0.29, 0.717) is 11.3 Å². The Morgan fingerprint density at radius 1 is 1.21 bits per heavy atom. The monoisotopic (exact) mass is 277 g/mol. The first-order valence-corrected chi connectivity index (χ1v) is 5.95. The molecular weight excluding hydrogens is 259 g/mol. The Labute approximate surface area is 110 Å². The standard InChI is InChI=1S/C13H18F3NO2/c1-3-11(17)12(13(14,15)16)19-8-9-4-6-10(18-2)7-5-9/h4-7,11-12H,3,8,17H2,1-2H3. The quantitative estimate of drug-likeness (QED) is 0.869. The highest BCUT2D eigenvalue weighted by molar-refractivity contribution is 5.26. The summed E-state index contributed by atoms with van der Waals surface area (Å²) in [5.41, 5.74) is 6.09. The van der Waals surface area contributed by atoms with Crippen molar-refractivity contribution < 1.29 is 22.6 Å². The van der Waals surface area contributed by atoms with Crippen LogP contribution in [-0.2, 0) is 11.3 Å². The van der Waals surface area contributed by atoms with Gasteiger partial charge < -0.3 is 15.2 Å². The third kappa shape index (κ3) is 4.72. The molecule has 0 aliphatic rings. The van der Waals surface area contributed by atoms with Crippen molar-refractivity contribution in [3.05, 3.63) is 29.8 Å². The van der Waals surface area contributed by atoms with Gasteiger partial charge in [-0.2, -0.15) is 13.2 Å². The molecule has 0 heterocycles. The van der Waals surface area contributed by atoms with Crippen molar-refractivity contribution in [2.24, 2.45) is 5.73 Å². The first kappa shape index (κ1) is 15.8. The molecule has 0 amide bonds. The van der Waals surface area contributed by atoms with E-state index < -0.39 is 18.3 Å². The van der Waals surface area contributed by atoms with Crippen molar-refractivity contribution >= 4 is 0 Å². The number of alkyl halides is 3. The van der Waals surface area contributed by atoms with Crippen LogP contribution in [0.1, 0.15) is 18.9 Å². The lowest BCUT2D eigenvalue weighted by atomic mass is 10.1. The summed E-state index contributed by atoms with van der Waals surface area (Å²) in [4.78, 5) is 0. The van der Waals surface area contributed by atoms with Crippen LogP contribution < -0.4 is 10.5 Å². The van der Waals surface area contributed by atoms with E-state index in [9.17, 15) is 13.2 Å². The summed E-state index contributed by atoms with van der Waals surface area (Å²) >= 11 is 0. The number of ether oxygens (including phenoxy) is 2. The normalized spacial score (nSPS) is 15.1. The number of benzene rings is 1. The van der Waals surface area contributed by atoms with E-state index >= 15 is 0 Å². The third-order valence-corrected chi connectivity index (χ3v) is 2.77. The summed E-state index contributed by atoms with van der Waals surface area (Å²) in [7, 11) is 1.52. The molecule has 2 unspecified atom stereocenters. The molecule has 0 saturated carbocycles. The molecule has 2 N–H and O–H groups in total. The van der Waals surface area contributed by atoms with Crippen molar-refractivity contribution in [1.82, 2.24) is 0 Å². The second-order valence-corrected chi connectivity index (χ2v) is 4.19. The molecule has 6 heteroatoms. The molecular formula is C13H18F3NO2. The molecule has 19 heavy (non-hydrogen) atoms. The summed E-state index contributed by atoms with van der Waals surface area (Å²) in [6.07, 6.45) is -6.20. The molecule has 0 fully saturated rings. The lowest BCUT2D eigenvalue weighted by Crippen LogP contribution is -2.46. The minimum absolute atomic E-state index is 0.137. The Morgan fingerprint density at radius 3 is 2.21 bits per heavy atom. The zero-order valence-corrected chi connectivity index (χ0v) is 10.9. The average Bonchev–Trinajstić information content (AvgIpc) is 2.37. The van der Waals surface area contributed by atoms with Gasteiger partial charge in [0.1, 0.15) is 5.75 Å². The third-order valence-electron chi connectivity index (χ3n) is 2.77. The Bertz CT molecular complexity index is 378. The predicted octanol–water partition coefficient (Wildman–Crippen LogP) is 2.88. The molecule has 0 aromatic heterocycles. The van der Waals surface area contributed by atoms with Crippen LogP contribution in [0.3, 0.4) is 0 Å². The second kappa shape index (κ2) is 6.77. The summed E-state index contributed by atoms with van der Waals surface area (Å²) < 4.78 is 48.2. The maximum Gasteiger partial charge on any atom is 0.416 e. The summed E-state index contributed by atoms with van der Waals surface area (Å²) in [5, 5.41) is 0. The molecule has 1 aromatic rings. The van der Waals surface area contributed by atoms with Gasteiger partial charge in [0, 0.05) is 6.04 Å². The van der Waals surface area contributed by atoms with Gasteiger partial charge in [-0.05, 0) is 24.1 Å². The molecule has 0 saturated heterocycles. The van der Waals surface area contributed by atoms with Crippen LogP contribution in [0.4, 0.5) is 13.2 Å². The van der Waals surface area contributed by atoms with E-state index in [0.717, 1.165) is 0 Å². The lowest BCUT2D eigenvalue weighted by molar-refractivity contribution is -0.229. The SMILES string of the molecule is CCC(N)C(OCc1ccc(OC)cc1)C(F)(F)F. The van der Waals surface area contributed by atoms with Crippen LogP contribution in [-0.4, -0.2) is 25.4 Å². The molecule has 0 aliphatic carbocycles. The zero-order chi connectivity index (χ0) is 14.5. The van der Waals surface area contributed by atoms with Gasteiger partial charge >= 0.3 is 6.18 Å². The number of methoxy groups -OCH3 is 1. The molecule has 1 aromatic carbocycles. The average molecular weight is 277 g/mol. The number of halogens is 3. The number of rotatable bonds is 6. The van der Waals surface area contributed by atoms with E-state index in [4.69, 9.17) is 15.2 Å². The first-order chi connectivity index (χ1) is 8.88. The van der Waals surface area contributed by atoms with Gasteiger partial charge in [0.2, 0.25) is 0 Å². The van der Waals surface area contributed by atoms with Crippen LogP contribution in [0.25, 0.3) is 0 Å². The summed E-state index contributed by atoms with van der Waals surface area (Å²) in [6.45, 7) is 1.46. The maximum absolute atomic E-state index is 12.8. The summed E-state index contributed by atoms with van der Waals surface area (Å²) in [6, 6.07) is 5.59. The molecule has 0 bridgehead atoms. The Hall–Kier alpha value is -1.27. The molecule has 0 radical (unpaired) electrons. The highest BCUT2D eigenvalue weighted by atomic mass is 19.4. The highest BCUT2D eigenvalue weighted by Gasteiger charge is 2.43. The van der Waals surface area contributed by atoms with Crippen molar-refractivity contribution in [3.63, 3.8) is 0 Å². The van der Waals surface area contributed by atoms with Gasteiger partial charge in [-0.15, -0.1) is 0 Å². The van der Waals surface area contributed by atoms with Crippen molar-refractivity contribution in [3.8, 4) is 5.75 Å². The number of nitrogens with two attached hydrogens (primary N) is 1. The van der Waals surface area contributed by atoms with Crippen LogP contribution in [0.15, 0.2) is 24.3 Å². The van der Waals surface area contributed by atoms with E-state index in [-0.39, 0.29) is 13.0 Å². The van der Waals surface area contributed by atoms with Gasteiger partial charge in [-0.1, -0.05) is 19.1 Å². The van der Waals surface area contributed by atoms with Crippen LogP contribution >= 0.6 is 0 Å². The van der Waals surface area contributed by atoms with E-state index in [1.807, 2.05) is 0 Å². The largest absolute Gasteiger partial charge is 0.497 e. The molecule has 1 rings (SSSR count). The fraction of sp³-hybridized carbons (Fsp3) is 0.538. The Balaban J connectivity index is 2.65. The summed E-state index contributed by atoms with van der Waals surface area (Å²) in [5.74, 6) is 0.640. The fourth-order valence-corrected chi connectivity index (χ4v) is 1.58. The molecule has 0 aliphatic heterocycles. The number of hydrogen-bond acceptors (Lipinski definition) is 3. The van der Waals surface area contributed by atoms with Gasteiger partial charge in [-0.3, -0.25) is 0 Å². The van der Waals surface area contributed by atoms with Crippen molar-refractivity contribution in [2.45, 2.75) is 38.3 Å². The molecule has 108 valence electrons. The van der Waals surface area contributed by atoms with E-state index in [1.54, 1.807) is 31.2 Å². The minimum atomic E-state index is -4.46. The van der Waals surface area contributed by atoms with Crippen LogP contribution in [0.2, 0.25) is 0 Å². The van der Waals surface area contributed by atoms with E-state index in [2.05, 4.69) is 0 Å². The molecule has 0 spiro atoms. The first-order valence-electron chi connectivity index (χ1n) is 5.95. The van der Waals surface area contributed by atoms with Crippen LogP contribution in [0, 0.1) is 0 Å². The highest BCUT2D eigenvalue weighted by Crippen LogP contribution is 2.27. The predicted molar refractivity (Wildman–Crippen MR) is 65.9 cm³/mol. The molecule has 3 nitrogen and oxygen atoms in total. The Kier molecular flexibility index (Phi) is 5.62. The zero-order valence-electron chi connectivity index (χ0n) is 10.9. The van der Waals surface area contributed by atoms with Gasteiger partial charge in [-0.25, -0.2) is 0 Å². The molecule has 2 atom stereocenters. The van der Waals surface area contributed by atoms with Crippen LogP contribution in [0.5, 0.6) is 5.75 Å².